The number of carbonyl (C=O) groups is 3. The van der Waals surface area contributed by atoms with E-state index in [2.05, 4.69) is 5.32 Å². The zero-order valence-electron chi connectivity index (χ0n) is 21.0. The number of benzene rings is 3. The first kappa shape index (κ1) is 25.4. The lowest BCUT2D eigenvalue weighted by atomic mass is 10.1. The molecule has 6 nitrogen and oxygen atoms in total. The number of anilines is 1. The van der Waals surface area contributed by atoms with Gasteiger partial charge in [-0.1, -0.05) is 43.3 Å². The van der Waals surface area contributed by atoms with Crippen molar-refractivity contribution in [2.24, 2.45) is 0 Å². The second-order valence-electron chi connectivity index (χ2n) is 9.38. The Kier molecular flexibility index (Phi) is 7.67. The molecule has 0 aromatic heterocycles. The van der Waals surface area contributed by atoms with Crippen LogP contribution in [0.4, 0.5) is 10.1 Å². The van der Waals surface area contributed by atoms with Crippen molar-refractivity contribution in [3.05, 3.63) is 77.6 Å². The highest BCUT2D eigenvalue weighted by atomic mass is 19.1. The van der Waals surface area contributed by atoms with Gasteiger partial charge < -0.3 is 15.1 Å². The summed E-state index contributed by atoms with van der Waals surface area (Å²) < 4.78 is 13.4. The maximum absolute atomic E-state index is 13.4. The molecule has 0 bridgehead atoms. The standard InChI is InChI=1S/C29H32FN3O3/c1-4-19(2)31-28(35)20(3)33(18-21-13-15-23(30)16-14-21)26(34)12-7-17-32-25-11-6-9-22-8-5-10-24(27(22)25)29(32)36/h5-6,8-11,13-16,19-20H,4,7,12,17-18H2,1-3H3,(H,31,35)/t19-,20+/m0/s1. The molecule has 3 amide bonds. The molecule has 0 saturated carbocycles. The van der Waals surface area contributed by atoms with Crippen LogP contribution in [0.1, 0.15) is 56.0 Å². The van der Waals surface area contributed by atoms with E-state index in [0.717, 1.165) is 28.4 Å². The average Bonchev–Trinajstić information content (AvgIpc) is 3.15. The SMILES string of the molecule is CC[C@H](C)NC(=O)[C@@H](C)N(Cc1ccc(F)cc1)C(=O)CCCN1C(=O)c2cccc3cccc1c23. The predicted molar refractivity (Wildman–Crippen MR) is 139 cm³/mol. The molecule has 1 aliphatic heterocycles. The molecule has 3 aromatic carbocycles. The molecule has 0 saturated heterocycles. The lowest BCUT2D eigenvalue weighted by molar-refractivity contribution is -0.140. The van der Waals surface area contributed by atoms with Gasteiger partial charge in [0, 0.05) is 36.5 Å². The molecule has 7 heteroatoms. The summed E-state index contributed by atoms with van der Waals surface area (Å²) in [6.07, 6.45) is 1.41. The number of rotatable bonds is 10. The Morgan fingerprint density at radius 1 is 1.03 bits per heavy atom. The normalized spacial score (nSPS) is 14.1. The number of hydrogen-bond acceptors (Lipinski definition) is 3. The molecular formula is C29H32FN3O3. The van der Waals surface area contributed by atoms with E-state index in [0.29, 0.717) is 18.5 Å². The van der Waals surface area contributed by atoms with Crippen LogP contribution < -0.4 is 10.2 Å². The molecule has 1 N–H and O–H groups in total. The van der Waals surface area contributed by atoms with Gasteiger partial charge in [0.05, 0.1) is 5.69 Å². The predicted octanol–water partition coefficient (Wildman–Crippen LogP) is 5.05. The Morgan fingerprint density at radius 3 is 2.42 bits per heavy atom. The molecule has 4 rings (SSSR count). The molecule has 0 spiro atoms. The lowest BCUT2D eigenvalue weighted by Gasteiger charge is -2.30. The minimum atomic E-state index is -0.692. The highest BCUT2D eigenvalue weighted by Crippen LogP contribution is 2.37. The van der Waals surface area contributed by atoms with Crippen molar-refractivity contribution in [2.75, 3.05) is 11.4 Å². The Balaban J connectivity index is 1.46. The molecule has 1 aliphatic rings. The van der Waals surface area contributed by atoms with Crippen LogP contribution >= 0.6 is 0 Å². The fourth-order valence-electron chi connectivity index (χ4n) is 4.57. The Morgan fingerprint density at radius 2 is 1.72 bits per heavy atom. The van der Waals surface area contributed by atoms with Gasteiger partial charge in [0.25, 0.3) is 5.91 Å². The van der Waals surface area contributed by atoms with Crippen LogP contribution in [0.25, 0.3) is 10.8 Å². The van der Waals surface area contributed by atoms with Gasteiger partial charge in [0.15, 0.2) is 0 Å². The van der Waals surface area contributed by atoms with E-state index in [-0.39, 0.29) is 42.5 Å². The van der Waals surface area contributed by atoms with Gasteiger partial charge in [0.1, 0.15) is 11.9 Å². The number of hydrogen-bond donors (Lipinski definition) is 1. The highest BCUT2D eigenvalue weighted by Gasteiger charge is 2.30. The molecule has 1 heterocycles. The van der Waals surface area contributed by atoms with Gasteiger partial charge in [-0.15, -0.1) is 0 Å². The second kappa shape index (κ2) is 10.9. The Labute approximate surface area is 211 Å². The third-order valence-corrected chi connectivity index (χ3v) is 6.86. The zero-order valence-corrected chi connectivity index (χ0v) is 21.0. The van der Waals surface area contributed by atoms with Crippen LogP contribution in [-0.2, 0) is 16.1 Å². The van der Waals surface area contributed by atoms with Gasteiger partial charge >= 0.3 is 0 Å². The van der Waals surface area contributed by atoms with Crippen LogP contribution in [0.5, 0.6) is 0 Å². The van der Waals surface area contributed by atoms with Gasteiger partial charge in [-0.25, -0.2) is 4.39 Å². The number of halogens is 1. The van der Waals surface area contributed by atoms with Gasteiger partial charge in [0.2, 0.25) is 11.8 Å². The minimum Gasteiger partial charge on any atom is -0.352 e. The van der Waals surface area contributed by atoms with Crippen molar-refractivity contribution in [3.8, 4) is 0 Å². The summed E-state index contributed by atoms with van der Waals surface area (Å²) in [5.74, 6) is -0.825. The van der Waals surface area contributed by atoms with Crippen molar-refractivity contribution >= 4 is 34.2 Å². The smallest absolute Gasteiger partial charge is 0.258 e. The maximum Gasteiger partial charge on any atom is 0.258 e. The van der Waals surface area contributed by atoms with E-state index in [1.54, 1.807) is 24.0 Å². The van der Waals surface area contributed by atoms with Gasteiger partial charge in [-0.05, 0) is 61.9 Å². The van der Waals surface area contributed by atoms with Crippen LogP contribution in [0, 0.1) is 5.82 Å². The molecule has 0 radical (unpaired) electrons. The third kappa shape index (κ3) is 5.25. The average molecular weight is 490 g/mol. The van der Waals surface area contributed by atoms with Crippen molar-refractivity contribution < 1.29 is 18.8 Å². The van der Waals surface area contributed by atoms with Crippen LogP contribution in [0.3, 0.4) is 0 Å². The van der Waals surface area contributed by atoms with E-state index in [9.17, 15) is 18.8 Å². The van der Waals surface area contributed by atoms with E-state index in [4.69, 9.17) is 0 Å². The van der Waals surface area contributed by atoms with E-state index in [1.807, 2.05) is 50.2 Å². The third-order valence-electron chi connectivity index (χ3n) is 6.86. The largest absolute Gasteiger partial charge is 0.352 e. The first-order valence-corrected chi connectivity index (χ1v) is 12.5. The summed E-state index contributed by atoms with van der Waals surface area (Å²) in [4.78, 5) is 42.5. The summed E-state index contributed by atoms with van der Waals surface area (Å²) in [5.41, 5.74) is 2.29. The molecular weight excluding hydrogens is 457 g/mol. The topological polar surface area (TPSA) is 69.7 Å². The first-order valence-electron chi connectivity index (χ1n) is 12.5. The van der Waals surface area contributed by atoms with Crippen LogP contribution in [-0.4, -0.2) is 41.2 Å². The Bertz CT molecular complexity index is 1270. The number of nitrogens with zero attached hydrogens (tertiary/aromatic N) is 2. The summed E-state index contributed by atoms with van der Waals surface area (Å²) in [6, 6.07) is 16.8. The zero-order chi connectivity index (χ0) is 25.8. The summed E-state index contributed by atoms with van der Waals surface area (Å²) in [5, 5.41) is 4.91. The van der Waals surface area contributed by atoms with Gasteiger partial charge in [-0.2, -0.15) is 0 Å². The number of carbonyl (C=O) groups excluding carboxylic acids is 3. The number of amides is 3. The molecule has 3 aromatic rings. The van der Waals surface area contributed by atoms with E-state index in [1.165, 1.54) is 17.0 Å². The fourth-order valence-corrected chi connectivity index (χ4v) is 4.57. The quantitative estimate of drug-likeness (QED) is 0.433. The molecule has 2 atom stereocenters. The lowest BCUT2D eigenvalue weighted by Crippen LogP contribution is -2.49. The highest BCUT2D eigenvalue weighted by molar-refractivity contribution is 6.25. The molecule has 36 heavy (non-hydrogen) atoms. The minimum absolute atomic E-state index is 0.00626. The maximum atomic E-state index is 13.4. The molecule has 0 fully saturated rings. The van der Waals surface area contributed by atoms with Crippen molar-refractivity contribution in [1.29, 1.82) is 0 Å². The van der Waals surface area contributed by atoms with Gasteiger partial charge in [-0.3, -0.25) is 14.4 Å². The van der Waals surface area contributed by atoms with Crippen molar-refractivity contribution in [1.82, 2.24) is 10.2 Å². The summed E-state index contributed by atoms with van der Waals surface area (Å²) >= 11 is 0. The molecule has 0 unspecified atom stereocenters. The Hall–Kier alpha value is -3.74. The first-order chi connectivity index (χ1) is 17.3. The number of nitrogens with one attached hydrogen (secondary N) is 1. The van der Waals surface area contributed by atoms with E-state index < -0.39 is 6.04 Å². The molecule has 188 valence electrons. The summed E-state index contributed by atoms with van der Waals surface area (Å²) in [7, 11) is 0. The van der Waals surface area contributed by atoms with Crippen molar-refractivity contribution in [3.63, 3.8) is 0 Å². The van der Waals surface area contributed by atoms with Crippen molar-refractivity contribution in [2.45, 2.75) is 58.7 Å². The van der Waals surface area contributed by atoms with Crippen LogP contribution in [0.2, 0.25) is 0 Å². The molecule has 0 aliphatic carbocycles. The fraction of sp³-hybridized carbons (Fsp3) is 0.345. The van der Waals surface area contributed by atoms with E-state index >= 15 is 0 Å². The monoisotopic (exact) mass is 489 g/mol. The van der Waals surface area contributed by atoms with Crippen LogP contribution in [0.15, 0.2) is 60.7 Å². The second-order valence-corrected chi connectivity index (χ2v) is 9.38. The summed E-state index contributed by atoms with van der Waals surface area (Å²) in [6.45, 7) is 6.20.